The van der Waals surface area contributed by atoms with E-state index >= 15 is 0 Å². The molecule has 0 amide bonds. The van der Waals surface area contributed by atoms with E-state index in [0.29, 0.717) is 0 Å². The lowest BCUT2D eigenvalue weighted by molar-refractivity contribution is 1.57. The highest BCUT2D eigenvalue weighted by molar-refractivity contribution is 6.28. The lowest BCUT2D eigenvalue weighted by atomic mass is 9.76. The van der Waals surface area contributed by atoms with Crippen molar-refractivity contribution in [2.45, 2.75) is 0 Å². The molecule has 0 atom stereocenters. The van der Waals surface area contributed by atoms with Crippen LogP contribution in [0.4, 0.5) is 0 Å². The molecule has 0 aromatic heterocycles. The number of hydrogen-bond acceptors (Lipinski definition) is 0. The molecule has 0 saturated carbocycles. The average Bonchev–Trinajstić information content (AvgIpc) is 3.31. The molecule has 60 heavy (non-hydrogen) atoms. The van der Waals surface area contributed by atoms with Gasteiger partial charge in [0.1, 0.15) is 0 Å². The van der Waals surface area contributed by atoms with Crippen LogP contribution >= 0.6 is 0 Å². The minimum atomic E-state index is 1.26. The molecule has 0 spiro atoms. The summed E-state index contributed by atoms with van der Waals surface area (Å²) in [7, 11) is 0. The van der Waals surface area contributed by atoms with E-state index in [4.69, 9.17) is 0 Å². The monoisotopic (exact) mass is 754 g/mol. The lowest BCUT2D eigenvalue weighted by Gasteiger charge is -2.27. The Kier molecular flexibility index (Phi) is 6.38. The van der Waals surface area contributed by atoms with Crippen molar-refractivity contribution in [3.63, 3.8) is 0 Å². The van der Waals surface area contributed by atoms with Crippen LogP contribution in [0.1, 0.15) is 0 Å². The Hall–Kier alpha value is -7.80. The van der Waals surface area contributed by atoms with E-state index in [1.807, 2.05) is 0 Å². The van der Waals surface area contributed by atoms with E-state index < -0.39 is 0 Å². The molecule has 0 saturated heterocycles. The third-order valence-electron chi connectivity index (χ3n) is 13.8. The first-order chi connectivity index (χ1) is 29.8. The van der Waals surface area contributed by atoms with Crippen LogP contribution in [-0.4, -0.2) is 0 Å². The van der Waals surface area contributed by atoms with Crippen molar-refractivity contribution in [1.82, 2.24) is 0 Å². The molecular weight excluding hydrogens is 721 g/mol. The Balaban J connectivity index is 1.17. The predicted octanol–water partition coefficient (Wildman–Crippen LogP) is 17.0. The molecule has 0 heterocycles. The topological polar surface area (TPSA) is 0 Å². The van der Waals surface area contributed by atoms with E-state index in [1.54, 1.807) is 0 Å². The second-order valence-electron chi connectivity index (χ2n) is 16.6. The van der Waals surface area contributed by atoms with E-state index in [9.17, 15) is 0 Å². The van der Waals surface area contributed by atoms with E-state index in [0.717, 1.165) is 0 Å². The molecule has 14 rings (SSSR count). The SMILES string of the molecule is c1ccc2c(c1)-c1ccc3c(ccc4c5ccccc5ccc34)c1-c1ccc3c(ccc4c5ccccc5ccc34)c1-c1ccc3c(ccc4c5ccccc5ccc34)c1-2. The Bertz CT molecular complexity index is 3930. The summed E-state index contributed by atoms with van der Waals surface area (Å²) in [5.74, 6) is 0. The maximum absolute atomic E-state index is 2.43. The van der Waals surface area contributed by atoms with E-state index in [1.165, 1.54) is 141 Å². The molecule has 0 unspecified atom stereocenters. The van der Waals surface area contributed by atoms with Gasteiger partial charge in [0.05, 0.1) is 0 Å². The zero-order valence-corrected chi connectivity index (χ0v) is 32.6. The van der Waals surface area contributed by atoms with Crippen molar-refractivity contribution < 1.29 is 0 Å². The van der Waals surface area contributed by atoms with Gasteiger partial charge in [-0.25, -0.2) is 0 Å². The molecule has 1 aliphatic carbocycles. The number of fused-ring (bicyclic) bond motifs is 26. The van der Waals surface area contributed by atoms with Crippen molar-refractivity contribution in [2.24, 2.45) is 0 Å². The van der Waals surface area contributed by atoms with Crippen LogP contribution in [0.5, 0.6) is 0 Å². The van der Waals surface area contributed by atoms with Crippen LogP contribution in [0.15, 0.2) is 206 Å². The summed E-state index contributed by atoms with van der Waals surface area (Å²) >= 11 is 0. The highest BCUT2D eigenvalue weighted by atomic mass is 14.3. The van der Waals surface area contributed by atoms with Gasteiger partial charge in [-0.2, -0.15) is 0 Å². The largest absolute Gasteiger partial charge is 0.0616 e. The van der Waals surface area contributed by atoms with Gasteiger partial charge in [-0.3, -0.25) is 0 Å². The fraction of sp³-hybridized carbons (Fsp3) is 0. The minimum Gasteiger partial charge on any atom is -0.0616 e. The fourth-order valence-corrected chi connectivity index (χ4v) is 11.2. The second kappa shape index (κ2) is 11.9. The summed E-state index contributed by atoms with van der Waals surface area (Å²) in [6, 6.07) is 78.0. The molecule has 0 heteroatoms. The van der Waals surface area contributed by atoms with Gasteiger partial charge in [-0.1, -0.05) is 206 Å². The highest BCUT2D eigenvalue weighted by Gasteiger charge is 2.27. The first kappa shape index (κ1) is 32.2. The maximum atomic E-state index is 2.43. The van der Waals surface area contributed by atoms with Gasteiger partial charge in [0.25, 0.3) is 0 Å². The van der Waals surface area contributed by atoms with Crippen molar-refractivity contribution in [3.8, 4) is 44.5 Å². The number of rotatable bonds is 0. The Morgan fingerprint density at radius 3 is 0.850 bits per heavy atom. The second-order valence-corrected chi connectivity index (χ2v) is 16.6. The van der Waals surface area contributed by atoms with Crippen LogP contribution in [-0.2, 0) is 0 Å². The summed E-state index contributed by atoms with van der Waals surface area (Å²) in [6.07, 6.45) is 0. The van der Waals surface area contributed by atoms with Gasteiger partial charge in [0, 0.05) is 0 Å². The molecule has 0 bridgehead atoms. The first-order valence-corrected chi connectivity index (χ1v) is 21.0. The smallest absolute Gasteiger partial charge is 0.00197 e. The van der Waals surface area contributed by atoms with E-state index in [-0.39, 0.29) is 0 Å². The summed E-state index contributed by atoms with van der Waals surface area (Å²) < 4.78 is 0. The van der Waals surface area contributed by atoms with Crippen molar-refractivity contribution >= 4 is 97.0 Å². The van der Waals surface area contributed by atoms with Crippen LogP contribution in [0.3, 0.4) is 0 Å². The van der Waals surface area contributed by atoms with E-state index in [2.05, 4.69) is 206 Å². The Labute approximate surface area is 346 Å². The number of benzene rings is 13. The quantitative estimate of drug-likeness (QED) is 0.135. The summed E-state index contributed by atoms with van der Waals surface area (Å²) in [5.41, 5.74) is 10.2. The molecule has 13 aromatic rings. The predicted molar refractivity (Wildman–Crippen MR) is 259 cm³/mol. The normalized spacial score (nSPS) is 12.3. The first-order valence-electron chi connectivity index (χ1n) is 21.0. The summed E-state index contributed by atoms with van der Waals surface area (Å²) in [6.45, 7) is 0. The fourth-order valence-electron chi connectivity index (χ4n) is 11.2. The molecule has 0 nitrogen and oxygen atoms in total. The molecular formula is C60H34. The summed E-state index contributed by atoms with van der Waals surface area (Å²) in [4.78, 5) is 0. The molecule has 1 aliphatic rings. The third-order valence-corrected chi connectivity index (χ3v) is 13.8. The van der Waals surface area contributed by atoms with Crippen LogP contribution in [0.2, 0.25) is 0 Å². The Morgan fingerprint density at radius 1 is 0.133 bits per heavy atom. The Morgan fingerprint density at radius 2 is 0.400 bits per heavy atom. The van der Waals surface area contributed by atoms with Crippen LogP contribution in [0.25, 0.3) is 141 Å². The maximum Gasteiger partial charge on any atom is -0.00197 e. The summed E-state index contributed by atoms with van der Waals surface area (Å²) in [5, 5.41) is 23.1. The number of hydrogen-bond donors (Lipinski definition) is 0. The minimum absolute atomic E-state index is 1.26. The molecule has 0 fully saturated rings. The van der Waals surface area contributed by atoms with Gasteiger partial charge in [0.2, 0.25) is 0 Å². The van der Waals surface area contributed by atoms with Crippen molar-refractivity contribution in [1.29, 1.82) is 0 Å². The van der Waals surface area contributed by atoms with Gasteiger partial charge in [-0.05, 0) is 141 Å². The van der Waals surface area contributed by atoms with Gasteiger partial charge in [0.15, 0.2) is 0 Å². The standard InChI is InChI=1S/C60H34/c1-4-12-38-35(9-1)17-20-45-42(38)24-30-54-48(45)26-32-52-41-15-7-8-16-51(41)58-53-29-23-43-39-13-5-2-10-36(39)18-21-46(43)49(53)27-33-56(58)60-55-31-25-44-40-14-6-3-11-37(40)19-22-47(44)50(55)28-34-57(60)59(52)54/h1-34H. The molecule has 274 valence electrons. The molecule has 13 aromatic carbocycles. The molecule has 0 radical (unpaired) electrons. The van der Waals surface area contributed by atoms with Crippen molar-refractivity contribution in [3.05, 3.63) is 206 Å². The van der Waals surface area contributed by atoms with Crippen LogP contribution in [0, 0.1) is 0 Å². The van der Waals surface area contributed by atoms with Gasteiger partial charge >= 0.3 is 0 Å². The lowest BCUT2D eigenvalue weighted by Crippen LogP contribution is -2.00. The zero-order chi connectivity index (χ0) is 39.1. The van der Waals surface area contributed by atoms with Gasteiger partial charge in [-0.15, -0.1) is 0 Å². The molecule has 0 aliphatic heterocycles. The third kappa shape index (κ3) is 4.24. The molecule has 0 N–H and O–H groups in total. The van der Waals surface area contributed by atoms with Gasteiger partial charge < -0.3 is 0 Å². The highest BCUT2D eigenvalue weighted by Crippen LogP contribution is 2.55. The van der Waals surface area contributed by atoms with Crippen molar-refractivity contribution in [2.75, 3.05) is 0 Å². The zero-order valence-electron chi connectivity index (χ0n) is 32.6. The average molecular weight is 755 g/mol. The van der Waals surface area contributed by atoms with Crippen LogP contribution < -0.4 is 0 Å².